The summed E-state index contributed by atoms with van der Waals surface area (Å²) >= 11 is 0. The first-order valence-electron chi connectivity index (χ1n) is 6.26. The van der Waals surface area contributed by atoms with E-state index < -0.39 is 0 Å². The van der Waals surface area contributed by atoms with Crippen LogP contribution < -0.4 is 14.8 Å². The summed E-state index contributed by atoms with van der Waals surface area (Å²) in [5, 5.41) is 3.03. The van der Waals surface area contributed by atoms with Gasteiger partial charge in [-0.2, -0.15) is 4.98 Å². The number of ether oxygens (including phenoxy) is 2. The molecule has 1 aromatic carbocycles. The fourth-order valence-corrected chi connectivity index (χ4v) is 1.49. The topological polar surface area (TPSA) is 56.3 Å². The molecule has 0 bridgehead atoms. The zero-order valence-corrected chi connectivity index (χ0v) is 10.9. The number of hydrogen-bond donors (Lipinski definition) is 1. The maximum absolute atomic E-state index is 5.52. The Morgan fingerprint density at radius 3 is 2.63 bits per heavy atom. The third-order valence-electron chi connectivity index (χ3n) is 2.31. The number of benzene rings is 1. The van der Waals surface area contributed by atoms with Gasteiger partial charge in [0.25, 0.3) is 0 Å². The van der Waals surface area contributed by atoms with Crippen LogP contribution in [0.4, 0.5) is 5.95 Å². The molecule has 1 N–H and O–H groups in total. The molecule has 0 aliphatic rings. The van der Waals surface area contributed by atoms with Crippen LogP contribution in [0, 0.1) is 0 Å². The molecule has 5 heteroatoms. The largest absolute Gasteiger partial charge is 0.490 e. The lowest BCUT2D eigenvalue weighted by atomic mass is 10.3. The lowest BCUT2D eigenvalue weighted by molar-refractivity contribution is 0.212. The molecule has 0 aliphatic heterocycles. The van der Waals surface area contributed by atoms with Gasteiger partial charge in [0.05, 0.1) is 0 Å². The standard InChI is InChI=1S/C14H17N3O2/c1-2-15-14-16-9-8-13(17-14)19-11-10-18-12-6-4-3-5-7-12/h3-9H,2,10-11H2,1H3,(H,15,16,17). The fraction of sp³-hybridized carbons (Fsp3) is 0.286. The Hall–Kier alpha value is -2.30. The van der Waals surface area contributed by atoms with E-state index in [9.17, 15) is 0 Å². The monoisotopic (exact) mass is 259 g/mol. The van der Waals surface area contributed by atoms with E-state index in [1.54, 1.807) is 12.3 Å². The lowest BCUT2D eigenvalue weighted by Gasteiger charge is -2.08. The minimum Gasteiger partial charge on any atom is -0.490 e. The smallest absolute Gasteiger partial charge is 0.225 e. The first-order valence-corrected chi connectivity index (χ1v) is 6.26. The third-order valence-corrected chi connectivity index (χ3v) is 2.31. The van der Waals surface area contributed by atoms with Crippen molar-refractivity contribution in [2.75, 3.05) is 25.1 Å². The van der Waals surface area contributed by atoms with Crippen LogP contribution >= 0.6 is 0 Å². The molecular formula is C14H17N3O2. The minimum atomic E-state index is 0.442. The summed E-state index contributed by atoms with van der Waals surface area (Å²) in [5.41, 5.74) is 0. The van der Waals surface area contributed by atoms with E-state index in [0.717, 1.165) is 12.3 Å². The SMILES string of the molecule is CCNc1nccc(OCCOc2ccccc2)n1. The van der Waals surface area contributed by atoms with Crippen LogP contribution in [-0.4, -0.2) is 29.7 Å². The maximum Gasteiger partial charge on any atom is 0.225 e. The van der Waals surface area contributed by atoms with Gasteiger partial charge in [-0.3, -0.25) is 0 Å². The molecule has 0 unspecified atom stereocenters. The number of hydrogen-bond acceptors (Lipinski definition) is 5. The van der Waals surface area contributed by atoms with Crippen molar-refractivity contribution in [3.63, 3.8) is 0 Å². The minimum absolute atomic E-state index is 0.442. The molecule has 19 heavy (non-hydrogen) atoms. The molecular weight excluding hydrogens is 242 g/mol. The van der Waals surface area contributed by atoms with Crippen molar-refractivity contribution in [2.45, 2.75) is 6.92 Å². The van der Waals surface area contributed by atoms with E-state index in [4.69, 9.17) is 9.47 Å². The molecule has 0 atom stereocenters. The van der Waals surface area contributed by atoms with E-state index in [-0.39, 0.29) is 0 Å². The molecule has 2 rings (SSSR count). The highest BCUT2D eigenvalue weighted by Crippen LogP contribution is 2.10. The Kier molecular flexibility index (Phi) is 4.98. The first kappa shape index (κ1) is 13.1. The molecule has 1 heterocycles. The summed E-state index contributed by atoms with van der Waals surface area (Å²) in [6.45, 7) is 3.69. The molecule has 1 aromatic heterocycles. The van der Waals surface area contributed by atoms with Crippen LogP contribution in [0.1, 0.15) is 6.92 Å². The van der Waals surface area contributed by atoms with Crippen LogP contribution in [0.15, 0.2) is 42.6 Å². The second-order valence-electron chi connectivity index (χ2n) is 3.76. The number of para-hydroxylation sites is 1. The first-order chi connectivity index (χ1) is 9.38. The van der Waals surface area contributed by atoms with Gasteiger partial charge in [-0.05, 0) is 19.1 Å². The average Bonchev–Trinajstić information content (AvgIpc) is 2.46. The summed E-state index contributed by atoms with van der Waals surface area (Å²) < 4.78 is 11.0. The molecule has 0 saturated heterocycles. The predicted octanol–water partition coefficient (Wildman–Crippen LogP) is 2.37. The van der Waals surface area contributed by atoms with Gasteiger partial charge < -0.3 is 14.8 Å². The summed E-state index contributed by atoms with van der Waals surface area (Å²) in [4.78, 5) is 8.28. The fourth-order valence-electron chi connectivity index (χ4n) is 1.49. The predicted molar refractivity (Wildman–Crippen MR) is 73.6 cm³/mol. The molecule has 0 saturated carbocycles. The van der Waals surface area contributed by atoms with Gasteiger partial charge in [-0.1, -0.05) is 18.2 Å². The highest BCUT2D eigenvalue weighted by Gasteiger charge is 1.99. The molecule has 5 nitrogen and oxygen atoms in total. The van der Waals surface area contributed by atoms with Gasteiger partial charge in [0.1, 0.15) is 19.0 Å². The highest BCUT2D eigenvalue weighted by molar-refractivity contribution is 5.27. The zero-order chi connectivity index (χ0) is 13.3. The summed E-state index contributed by atoms with van der Waals surface area (Å²) in [6, 6.07) is 11.4. The van der Waals surface area contributed by atoms with E-state index in [2.05, 4.69) is 15.3 Å². The Balaban J connectivity index is 1.75. The van der Waals surface area contributed by atoms with Crippen molar-refractivity contribution in [1.29, 1.82) is 0 Å². The summed E-state index contributed by atoms with van der Waals surface area (Å²) in [6.07, 6.45) is 1.67. The number of nitrogens with one attached hydrogen (secondary N) is 1. The second-order valence-corrected chi connectivity index (χ2v) is 3.76. The quantitative estimate of drug-likeness (QED) is 0.774. The van der Waals surface area contributed by atoms with Crippen LogP contribution in [0.5, 0.6) is 11.6 Å². The molecule has 0 amide bonds. The van der Waals surface area contributed by atoms with Crippen LogP contribution in [0.3, 0.4) is 0 Å². The Morgan fingerprint density at radius 2 is 1.84 bits per heavy atom. The highest BCUT2D eigenvalue weighted by atomic mass is 16.5. The van der Waals surface area contributed by atoms with Crippen LogP contribution in [0.2, 0.25) is 0 Å². The van der Waals surface area contributed by atoms with Crippen molar-refractivity contribution >= 4 is 5.95 Å². The zero-order valence-electron chi connectivity index (χ0n) is 10.9. The van der Waals surface area contributed by atoms with Gasteiger partial charge >= 0.3 is 0 Å². The molecule has 0 radical (unpaired) electrons. The Morgan fingerprint density at radius 1 is 1.05 bits per heavy atom. The van der Waals surface area contributed by atoms with E-state index in [1.165, 1.54) is 0 Å². The summed E-state index contributed by atoms with van der Waals surface area (Å²) in [7, 11) is 0. The number of nitrogens with zero attached hydrogens (tertiary/aromatic N) is 2. The maximum atomic E-state index is 5.52. The van der Waals surface area contributed by atoms with Gasteiger partial charge in [-0.25, -0.2) is 4.98 Å². The Labute approximate surface area is 112 Å². The van der Waals surface area contributed by atoms with Gasteiger partial charge in [0.15, 0.2) is 0 Å². The van der Waals surface area contributed by atoms with Gasteiger partial charge in [-0.15, -0.1) is 0 Å². The molecule has 2 aromatic rings. The number of anilines is 1. The van der Waals surface area contributed by atoms with Crippen molar-refractivity contribution in [2.24, 2.45) is 0 Å². The lowest BCUT2D eigenvalue weighted by Crippen LogP contribution is -2.10. The number of aromatic nitrogens is 2. The van der Waals surface area contributed by atoms with Gasteiger partial charge in [0.2, 0.25) is 11.8 Å². The molecule has 0 fully saturated rings. The van der Waals surface area contributed by atoms with Crippen LogP contribution in [0.25, 0.3) is 0 Å². The molecule has 100 valence electrons. The summed E-state index contributed by atoms with van der Waals surface area (Å²) in [5.74, 6) is 1.95. The van der Waals surface area contributed by atoms with Crippen molar-refractivity contribution in [3.05, 3.63) is 42.6 Å². The second kappa shape index (κ2) is 7.20. The normalized spacial score (nSPS) is 9.95. The van der Waals surface area contributed by atoms with E-state index in [0.29, 0.717) is 25.0 Å². The van der Waals surface area contributed by atoms with E-state index >= 15 is 0 Å². The number of rotatable bonds is 7. The van der Waals surface area contributed by atoms with Crippen molar-refractivity contribution in [3.8, 4) is 11.6 Å². The average molecular weight is 259 g/mol. The molecule has 0 spiro atoms. The van der Waals surface area contributed by atoms with E-state index in [1.807, 2.05) is 37.3 Å². The van der Waals surface area contributed by atoms with Crippen molar-refractivity contribution < 1.29 is 9.47 Å². The Bertz CT molecular complexity index is 491. The molecule has 0 aliphatic carbocycles. The van der Waals surface area contributed by atoms with Crippen LogP contribution in [-0.2, 0) is 0 Å². The van der Waals surface area contributed by atoms with Gasteiger partial charge in [0, 0.05) is 18.8 Å². The van der Waals surface area contributed by atoms with Crippen molar-refractivity contribution in [1.82, 2.24) is 9.97 Å². The third kappa shape index (κ3) is 4.46.